The molecule has 0 aliphatic carbocycles. The first-order valence-corrected chi connectivity index (χ1v) is 8.31. The van der Waals surface area contributed by atoms with E-state index in [1.54, 1.807) is 0 Å². The molecule has 122 valence electrons. The van der Waals surface area contributed by atoms with E-state index >= 15 is 0 Å². The van der Waals surface area contributed by atoms with Gasteiger partial charge in [0.1, 0.15) is 12.1 Å². The second-order valence-corrected chi connectivity index (χ2v) is 7.36. The van der Waals surface area contributed by atoms with Gasteiger partial charge in [0, 0.05) is 6.04 Å². The lowest BCUT2D eigenvalue weighted by molar-refractivity contribution is -0.158. The Balaban J connectivity index is 3.23. The summed E-state index contributed by atoms with van der Waals surface area (Å²) in [5, 5.41) is 2.98. The third-order valence-corrected chi connectivity index (χ3v) is 4.71. The summed E-state index contributed by atoms with van der Waals surface area (Å²) in [5.41, 5.74) is -0.261. The Hall–Kier alpha value is -1.06. The average Bonchev–Trinajstić information content (AvgIpc) is 2.41. The number of nitrogens with zero attached hydrogens (tertiary/aromatic N) is 1. The van der Waals surface area contributed by atoms with Crippen molar-refractivity contribution in [3.63, 3.8) is 0 Å². The number of piperazine rings is 1. The van der Waals surface area contributed by atoms with Gasteiger partial charge in [-0.3, -0.25) is 9.59 Å². The van der Waals surface area contributed by atoms with Crippen LogP contribution in [-0.2, 0) is 9.59 Å². The topological polar surface area (TPSA) is 49.4 Å². The number of carbonyl (C=O) groups excluding carboxylic acids is 2. The molecule has 0 aromatic heterocycles. The lowest BCUT2D eigenvalue weighted by Gasteiger charge is -2.49. The van der Waals surface area contributed by atoms with Crippen molar-refractivity contribution in [2.24, 2.45) is 11.3 Å². The first-order chi connectivity index (χ1) is 9.68. The van der Waals surface area contributed by atoms with E-state index in [0.29, 0.717) is 0 Å². The van der Waals surface area contributed by atoms with Crippen LogP contribution in [0, 0.1) is 11.3 Å². The summed E-state index contributed by atoms with van der Waals surface area (Å²) in [5.74, 6) is 0.260. The normalized spacial score (nSPS) is 25.2. The van der Waals surface area contributed by atoms with Gasteiger partial charge in [0.15, 0.2) is 0 Å². The van der Waals surface area contributed by atoms with Gasteiger partial charge in [-0.25, -0.2) is 0 Å². The van der Waals surface area contributed by atoms with Crippen LogP contribution in [0.1, 0.15) is 67.7 Å². The van der Waals surface area contributed by atoms with Crippen molar-refractivity contribution in [3.05, 3.63) is 0 Å². The van der Waals surface area contributed by atoms with Crippen LogP contribution in [0.3, 0.4) is 0 Å². The molecule has 1 saturated heterocycles. The number of rotatable bonds is 5. The van der Waals surface area contributed by atoms with Crippen molar-refractivity contribution in [1.82, 2.24) is 10.2 Å². The molecule has 21 heavy (non-hydrogen) atoms. The van der Waals surface area contributed by atoms with E-state index in [4.69, 9.17) is 0 Å². The number of carbonyl (C=O) groups is 2. The molecule has 0 aromatic rings. The van der Waals surface area contributed by atoms with E-state index in [9.17, 15) is 9.59 Å². The highest BCUT2D eigenvalue weighted by Gasteiger charge is 2.48. The van der Waals surface area contributed by atoms with Crippen LogP contribution < -0.4 is 5.32 Å². The van der Waals surface area contributed by atoms with Crippen LogP contribution in [-0.4, -0.2) is 34.8 Å². The van der Waals surface area contributed by atoms with Gasteiger partial charge in [0.05, 0.1) is 0 Å². The summed E-state index contributed by atoms with van der Waals surface area (Å²) in [4.78, 5) is 27.5. The predicted octanol–water partition coefficient (Wildman–Crippen LogP) is 2.96. The third kappa shape index (κ3) is 3.58. The first kappa shape index (κ1) is 18.0. The lowest BCUT2D eigenvalue weighted by atomic mass is 9.80. The van der Waals surface area contributed by atoms with Gasteiger partial charge >= 0.3 is 0 Å². The van der Waals surface area contributed by atoms with Crippen molar-refractivity contribution >= 4 is 11.8 Å². The minimum absolute atomic E-state index is 0.000648. The molecule has 0 spiro atoms. The van der Waals surface area contributed by atoms with Crippen molar-refractivity contribution in [2.45, 2.75) is 85.9 Å². The fraction of sp³-hybridized carbons (Fsp3) is 0.882. The second-order valence-electron chi connectivity index (χ2n) is 7.36. The number of amides is 2. The van der Waals surface area contributed by atoms with Gasteiger partial charge in [0.2, 0.25) is 11.8 Å². The molecule has 1 N–H and O–H groups in total. The molecule has 0 saturated carbocycles. The fourth-order valence-corrected chi connectivity index (χ4v) is 3.21. The molecule has 0 aromatic carbocycles. The van der Waals surface area contributed by atoms with Crippen molar-refractivity contribution < 1.29 is 9.59 Å². The van der Waals surface area contributed by atoms with Gasteiger partial charge in [-0.15, -0.1) is 0 Å². The second kappa shape index (κ2) is 6.80. The van der Waals surface area contributed by atoms with Gasteiger partial charge in [0.25, 0.3) is 0 Å². The monoisotopic (exact) mass is 296 g/mol. The Labute approximate surface area is 129 Å². The summed E-state index contributed by atoms with van der Waals surface area (Å²) >= 11 is 0. The largest absolute Gasteiger partial charge is 0.342 e. The molecular formula is C17H32N2O2. The maximum absolute atomic E-state index is 13.0. The SMILES string of the molecule is CCC(C)C1NC(=O)C(C(C)(C)C)N(C(CC)CC)C1=O. The molecule has 1 aliphatic heterocycles. The third-order valence-electron chi connectivity index (χ3n) is 4.71. The summed E-state index contributed by atoms with van der Waals surface area (Å²) in [6.45, 7) is 14.4. The van der Waals surface area contributed by atoms with E-state index in [2.05, 4.69) is 26.1 Å². The molecule has 1 heterocycles. The van der Waals surface area contributed by atoms with Crippen LogP contribution in [0.2, 0.25) is 0 Å². The van der Waals surface area contributed by atoms with Crippen molar-refractivity contribution in [1.29, 1.82) is 0 Å². The summed E-state index contributed by atoms with van der Waals surface area (Å²) < 4.78 is 0. The Morgan fingerprint density at radius 1 is 1.10 bits per heavy atom. The summed E-state index contributed by atoms with van der Waals surface area (Å²) in [7, 11) is 0. The Morgan fingerprint density at radius 3 is 2.00 bits per heavy atom. The zero-order valence-corrected chi connectivity index (χ0v) is 14.7. The summed E-state index contributed by atoms with van der Waals surface area (Å²) in [6, 6.07) is -0.615. The van der Waals surface area contributed by atoms with Crippen LogP contribution in [0.25, 0.3) is 0 Å². The number of hydrogen-bond acceptors (Lipinski definition) is 2. The zero-order valence-electron chi connectivity index (χ0n) is 14.7. The summed E-state index contributed by atoms with van der Waals surface area (Å²) in [6.07, 6.45) is 2.65. The molecule has 4 heteroatoms. The van der Waals surface area contributed by atoms with Crippen LogP contribution in [0.4, 0.5) is 0 Å². The molecular weight excluding hydrogens is 264 g/mol. The van der Waals surface area contributed by atoms with E-state index in [0.717, 1.165) is 19.3 Å². The zero-order chi connectivity index (χ0) is 16.4. The molecule has 1 fully saturated rings. The molecule has 0 bridgehead atoms. The van der Waals surface area contributed by atoms with Crippen molar-refractivity contribution in [2.75, 3.05) is 0 Å². The van der Waals surface area contributed by atoms with Gasteiger partial charge in [-0.1, -0.05) is 54.9 Å². The van der Waals surface area contributed by atoms with Gasteiger partial charge in [-0.2, -0.15) is 0 Å². The van der Waals surface area contributed by atoms with Gasteiger partial charge in [-0.05, 0) is 24.2 Å². The standard InChI is InChI=1S/C17H32N2O2/c1-8-11(4)13-16(21)19(12(9-2)10-3)14(15(20)18-13)17(5,6)7/h11-14H,8-10H2,1-7H3,(H,18,20). The Kier molecular flexibility index (Phi) is 5.83. The number of nitrogens with one attached hydrogen (secondary N) is 1. The molecule has 0 radical (unpaired) electrons. The van der Waals surface area contributed by atoms with E-state index in [1.165, 1.54) is 0 Å². The molecule has 3 unspecified atom stereocenters. The molecule has 2 amide bonds. The molecule has 4 nitrogen and oxygen atoms in total. The molecule has 3 atom stereocenters. The minimum atomic E-state index is -0.379. The van der Waals surface area contributed by atoms with Gasteiger partial charge < -0.3 is 10.2 Å². The maximum atomic E-state index is 13.0. The highest BCUT2D eigenvalue weighted by molar-refractivity contribution is 5.97. The quantitative estimate of drug-likeness (QED) is 0.848. The minimum Gasteiger partial charge on any atom is -0.342 e. The van der Waals surface area contributed by atoms with Crippen LogP contribution >= 0.6 is 0 Å². The molecule has 1 aliphatic rings. The highest BCUT2D eigenvalue weighted by Crippen LogP contribution is 2.32. The van der Waals surface area contributed by atoms with E-state index in [1.807, 2.05) is 32.6 Å². The molecule has 1 rings (SSSR count). The lowest BCUT2D eigenvalue weighted by Crippen LogP contribution is -2.69. The fourth-order valence-electron chi connectivity index (χ4n) is 3.21. The number of hydrogen-bond donors (Lipinski definition) is 1. The maximum Gasteiger partial charge on any atom is 0.246 e. The van der Waals surface area contributed by atoms with Crippen molar-refractivity contribution in [3.8, 4) is 0 Å². The Bertz CT molecular complexity index is 383. The van der Waals surface area contributed by atoms with Crippen LogP contribution in [0.5, 0.6) is 0 Å². The van der Waals surface area contributed by atoms with E-state index < -0.39 is 0 Å². The van der Waals surface area contributed by atoms with Crippen LogP contribution in [0.15, 0.2) is 0 Å². The first-order valence-electron chi connectivity index (χ1n) is 8.31. The van der Waals surface area contributed by atoms with E-state index in [-0.39, 0.29) is 41.3 Å². The average molecular weight is 296 g/mol. The smallest absolute Gasteiger partial charge is 0.246 e. The highest BCUT2D eigenvalue weighted by atomic mass is 16.2. The Morgan fingerprint density at radius 2 is 1.62 bits per heavy atom. The predicted molar refractivity (Wildman–Crippen MR) is 85.8 cm³/mol.